The molecular weight excluding hydrogens is 566 g/mol. The second-order valence-corrected chi connectivity index (χ2v) is 14.3. The summed E-state index contributed by atoms with van der Waals surface area (Å²) in [6.07, 6.45) is 16.3. The maximum Gasteiger partial charge on any atom is 0.200 e. The first kappa shape index (κ1) is 30.5. The maximum absolute atomic E-state index is 11.4. The number of methoxy groups -OCH3 is 1. The number of rotatable bonds is 7. The van der Waals surface area contributed by atoms with Crippen LogP contribution < -0.4 is 9.72 Å². The third kappa shape index (κ3) is 6.06. The fourth-order valence-electron chi connectivity index (χ4n) is 9.45. The number of aromatic nitrogens is 1. The Labute approximate surface area is 266 Å². The van der Waals surface area contributed by atoms with Crippen molar-refractivity contribution >= 4 is 0 Å². The Bertz CT molecular complexity index is 1460. The van der Waals surface area contributed by atoms with Gasteiger partial charge in [0.15, 0.2) is 11.5 Å². The topological polar surface area (TPSA) is 113 Å². The minimum atomic E-state index is -0.532. The van der Waals surface area contributed by atoms with Crippen molar-refractivity contribution in [3.8, 4) is 23.0 Å². The van der Waals surface area contributed by atoms with Crippen LogP contribution in [-0.2, 0) is 11.2 Å². The molecule has 3 aromatic rings. The van der Waals surface area contributed by atoms with E-state index in [1.807, 2.05) is 12.1 Å². The van der Waals surface area contributed by atoms with Crippen molar-refractivity contribution in [2.24, 2.45) is 17.8 Å². The lowest BCUT2D eigenvalue weighted by Crippen LogP contribution is -2.44. The van der Waals surface area contributed by atoms with E-state index in [2.05, 4.69) is 17.1 Å². The highest BCUT2D eigenvalue weighted by atomic mass is 16.5. The molecule has 7 atom stereocenters. The van der Waals surface area contributed by atoms with Gasteiger partial charge in [0, 0.05) is 17.9 Å². The van der Waals surface area contributed by atoms with Gasteiger partial charge >= 0.3 is 0 Å². The third-order valence-electron chi connectivity index (χ3n) is 11.8. The first-order chi connectivity index (χ1) is 21.9. The molecule has 242 valence electrons. The monoisotopic (exact) mass is 614 g/mol. The van der Waals surface area contributed by atoms with Gasteiger partial charge < -0.3 is 34.9 Å². The highest BCUT2D eigenvalue weighted by Gasteiger charge is 2.43. The molecule has 7 nitrogen and oxygen atoms in total. The summed E-state index contributed by atoms with van der Waals surface area (Å²) in [5, 5.41) is 43.7. The summed E-state index contributed by atoms with van der Waals surface area (Å²) < 4.78 is 12.4. The van der Waals surface area contributed by atoms with E-state index in [1.165, 1.54) is 57.6 Å². The predicted octanol–water partition coefficient (Wildman–Crippen LogP) is 7.60. The number of benzene rings is 2. The van der Waals surface area contributed by atoms with E-state index in [-0.39, 0.29) is 35.2 Å². The molecule has 1 aliphatic heterocycles. The van der Waals surface area contributed by atoms with Crippen LogP contribution in [0.15, 0.2) is 42.7 Å². The number of phenolic OH excluding ortho intramolecular Hbond substituents is 3. The Morgan fingerprint density at radius 2 is 1.64 bits per heavy atom. The summed E-state index contributed by atoms with van der Waals surface area (Å²) in [6.45, 7) is 0. The van der Waals surface area contributed by atoms with E-state index in [0.717, 1.165) is 59.8 Å². The van der Waals surface area contributed by atoms with Gasteiger partial charge in [-0.05, 0) is 91.0 Å². The first-order valence-corrected chi connectivity index (χ1v) is 17.2. The van der Waals surface area contributed by atoms with Crippen LogP contribution in [0.25, 0.3) is 0 Å². The highest BCUT2D eigenvalue weighted by Crippen LogP contribution is 2.51. The molecule has 4 fully saturated rings. The molecule has 7 heteroatoms. The molecule has 45 heavy (non-hydrogen) atoms. The zero-order valence-corrected chi connectivity index (χ0v) is 26.4. The first-order valence-electron chi connectivity index (χ1n) is 17.2. The van der Waals surface area contributed by atoms with Gasteiger partial charge in [0.1, 0.15) is 5.75 Å². The lowest BCUT2D eigenvalue weighted by molar-refractivity contribution is -0.154. The van der Waals surface area contributed by atoms with Gasteiger partial charge in [0.05, 0.1) is 25.4 Å². The number of ether oxygens (including phenoxy) is 2. The van der Waals surface area contributed by atoms with Gasteiger partial charge in [-0.15, -0.1) is 0 Å². The van der Waals surface area contributed by atoms with Gasteiger partial charge in [-0.1, -0.05) is 62.3 Å². The van der Waals surface area contributed by atoms with E-state index in [0.29, 0.717) is 24.5 Å². The molecule has 0 spiro atoms. The van der Waals surface area contributed by atoms with Crippen molar-refractivity contribution in [2.75, 3.05) is 7.11 Å². The second-order valence-electron chi connectivity index (χ2n) is 14.3. The van der Waals surface area contributed by atoms with Gasteiger partial charge in [-0.3, -0.25) is 0 Å². The SMILES string of the molecule is COc1c(O)c(O)cc([C@@H]2C[C@H](O)[C@@H]3CC[C@H](c4ccc(O)c([C@H]5CCC[C@H](C6CCCC6)C5)c4)C[C@@H]3O2)c1Cc1cc[n-]c1. The highest BCUT2D eigenvalue weighted by molar-refractivity contribution is 5.59. The molecule has 1 saturated heterocycles. The van der Waals surface area contributed by atoms with Gasteiger partial charge in [-0.25, -0.2) is 0 Å². The lowest BCUT2D eigenvalue weighted by atomic mass is 9.70. The minimum absolute atomic E-state index is 0.0509. The molecule has 0 amide bonds. The van der Waals surface area contributed by atoms with Crippen molar-refractivity contribution in [3.05, 3.63) is 70.5 Å². The molecule has 2 aromatic carbocycles. The minimum Gasteiger partial charge on any atom is -0.670 e. The number of hydrogen-bond acceptors (Lipinski definition) is 6. The van der Waals surface area contributed by atoms with Crippen LogP contribution in [0.4, 0.5) is 0 Å². The fraction of sp³-hybridized carbons (Fsp3) is 0.579. The summed E-state index contributed by atoms with van der Waals surface area (Å²) in [7, 11) is 1.48. The zero-order valence-electron chi connectivity index (χ0n) is 26.4. The van der Waals surface area contributed by atoms with Crippen molar-refractivity contribution in [2.45, 2.75) is 114 Å². The molecular formula is C38H48NO6-. The standard InChI is InChI=1S/C38H48NO6/c1-44-38-31(15-22-13-14-39-21-22)30(19-34(42)37(38)43)36-20-33(41)28-11-9-26(18-35(28)45-36)25-10-12-32(40)29(17-25)27-8-4-7-24(16-27)23-5-2-3-6-23/h10,12-14,17,19,21,23-24,26-28,33,35-36,40-43H,2-9,11,15-16,18,20H2,1H3/q-1/t24-,26-,27-,28-,33-,35-,36-/m0/s1. The molecule has 1 aromatic heterocycles. The van der Waals surface area contributed by atoms with Crippen molar-refractivity contribution in [3.63, 3.8) is 0 Å². The van der Waals surface area contributed by atoms with Gasteiger partial charge in [-0.2, -0.15) is 12.4 Å². The molecule has 2 heterocycles. The summed E-state index contributed by atoms with van der Waals surface area (Å²) >= 11 is 0. The Morgan fingerprint density at radius 1 is 0.822 bits per heavy atom. The van der Waals surface area contributed by atoms with Crippen LogP contribution in [0.1, 0.15) is 123 Å². The fourth-order valence-corrected chi connectivity index (χ4v) is 9.45. The summed E-state index contributed by atoms with van der Waals surface area (Å²) in [5.74, 6) is 2.51. The largest absolute Gasteiger partial charge is 0.670 e. The van der Waals surface area contributed by atoms with Gasteiger partial charge in [0.2, 0.25) is 5.75 Å². The van der Waals surface area contributed by atoms with Crippen LogP contribution in [0, 0.1) is 17.8 Å². The van der Waals surface area contributed by atoms with Crippen LogP contribution in [0.5, 0.6) is 23.0 Å². The average Bonchev–Trinajstić information content (AvgIpc) is 3.78. The van der Waals surface area contributed by atoms with Crippen molar-refractivity contribution in [1.82, 2.24) is 4.98 Å². The molecule has 4 aliphatic rings. The number of nitrogens with zero attached hydrogens (tertiary/aromatic N) is 1. The van der Waals surface area contributed by atoms with Crippen LogP contribution >= 0.6 is 0 Å². The van der Waals surface area contributed by atoms with E-state index >= 15 is 0 Å². The van der Waals surface area contributed by atoms with Gasteiger partial charge in [0.25, 0.3) is 0 Å². The van der Waals surface area contributed by atoms with Crippen molar-refractivity contribution in [1.29, 1.82) is 0 Å². The molecule has 7 rings (SSSR count). The predicted molar refractivity (Wildman–Crippen MR) is 172 cm³/mol. The number of aliphatic hydroxyl groups excluding tert-OH is 1. The smallest absolute Gasteiger partial charge is 0.200 e. The Hall–Kier alpha value is -3.16. The third-order valence-corrected chi connectivity index (χ3v) is 11.8. The maximum atomic E-state index is 11.4. The van der Waals surface area contributed by atoms with E-state index in [4.69, 9.17) is 9.47 Å². The lowest BCUT2D eigenvalue weighted by Gasteiger charge is -2.45. The van der Waals surface area contributed by atoms with E-state index < -0.39 is 12.2 Å². The summed E-state index contributed by atoms with van der Waals surface area (Å²) in [5.41, 5.74) is 4.80. The number of fused-ring (bicyclic) bond motifs is 1. The molecule has 0 bridgehead atoms. The molecule has 0 radical (unpaired) electrons. The quantitative estimate of drug-likeness (QED) is 0.203. The van der Waals surface area contributed by atoms with Crippen molar-refractivity contribution < 1.29 is 29.9 Å². The number of aliphatic hydroxyl groups is 1. The number of aromatic hydroxyl groups is 3. The van der Waals surface area contributed by atoms with E-state index in [1.54, 1.807) is 18.5 Å². The Morgan fingerprint density at radius 3 is 2.42 bits per heavy atom. The Kier molecular flexibility index (Phi) is 8.75. The molecule has 4 N–H and O–H groups in total. The molecule has 3 aliphatic carbocycles. The normalized spacial score (nSPS) is 30.7. The van der Waals surface area contributed by atoms with Crippen LogP contribution in [-0.4, -0.2) is 39.7 Å². The summed E-state index contributed by atoms with van der Waals surface area (Å²) in [4.78, 5) is 4.18. The number of phenols is 3. The summed E-state index contributed by atoms with van der Waals surface area (Å²) in [6, 6.07) is 9.77. The zero-order chi connectivity index (χ0) is 31.1. The second kappa shape index (κ2) is 12.9. The molecule has 3 saturated carbocycles. The van der Waals surface area contributed by atoms with E-state index in [9.17, 15) is 20.4 Å². The Balaban J connectivity index is 1.12. The molecule has 0 unspecified atom stereocenters. The van der Waals surface area contributed by atoms with Crippen LogP contribution in [0.3, 0.4) is 0 Å². The van der Waals surface area contributed by atoms with Crippen LogP contribution in [0.2, 0.25) is 0 Å². The average molecular weight is 615 g/mol. The number of hydrogen-bond donors (Lipinski definition) is 4.